The first kappa shape index (κ1) is 41.9. The lowest BCUT2D eigenvalue weighted by molar-refractivity contribution is 0.525. The average Bonchev–Trinajstić information content (AvgIpc) is 2.58. The molecule has 1 nitrogen and oxygen atoms in total. The highest BCUT2D eigenvalue weighted by Gasteiger charge is 2.61. The van der Waals surface area contributed by atoms with Gasteiger partial charge in [-0.15, -0.1) is 0 Å². The first-order valence-electron chi connectivity index (χ1n) is 17.1. The highest BCUT2D eigenvalue weighted by Crippen LogP contribution is 2.51. The van der Waals surface area contributed by atoms with Crippen molar-refractivity contribution in [2.75, 3.05) is 0 Å². The van der Waals surface area contributed by atoms with Gasteiger partial charge in [0.25, 0.3) is 0 Å². The summed E-state index contributed by atoms with van der Waals surface area (Å²) < 4.78 is 0.391. The third-order valence-corrected chi connectivity index (χ3v) is 51.0. The summed E-state index contributed by atoms with van der Waals surface area (Å²) in [6.07, 6.45) is 0. The van der Waals surface area contributed by atoms with Crippen LogP contribution in [0.4, 0.5) is 0 Å². The Morgan fingerprint density at radius 3 is 0.930 bits per heavy atom. The van der Waals surface area contributed by atoms with Gasteiger partial charge in [-0.1, -0.05) is 150 Å². The minimum atomic E-state index is -1.66. The summed E-state index contributed by atoms with van der Waals surface area (Å²) in [5.74, 6) is 0. The Hall–Kier alpha value is 0.915. The molecule has 2 radical (unpaired) electrons. The van der Waals surface area contributed by atoms with E-state index in [1.807, 2.05) is 5.56 Å². The van der Waals surface area contributed by atoms with Crippen molar-refractivity contribution in [3.63, 3.8) is 0 Å². The van der Waals surface area contributed by atoms with E-state index in [2.05, 4.69) is 175 Å². The van der Waals surface area contributed by atoms with Crippen molar-refractivity contribution in [2.45, 2.75) is 178 Å². The number of benzene rings is 1. The normalized spacial score (nSPS) is 15.6. The van der Waals surface area contributed by atoms with E-state index in [1.165, 1.54) is 0 Å². The van der Waals surface area contributed by atoms with Crippen molar-refractivity contribution < 1.29 is 0 Å². The molecule has 0 amide bonds. The Balaban J connectivity index is 4.90. The molecule has 1 rings (SSSR count). The van der Waals surface area contributed by atoms with Crippen LogP contribution in [0.15, 0.2) is 12.1 Å². The average molecular weight is 725 g/mol. The van der Waals surface area contributed by atoms with Gasteiger partial charge in [0.15, 0.2) is 9.68 Å². The van der Waals surface area contributed by atoms with Crippen LogP contribution in [0.25, 0.3) is 0 Å². The first-order chi connectivity index (χ1) is 18.4. The zero-order valence-corrected chi connectivity index (χ0v) is 41.8. The third kappa shape index (κ3) is 9.30. The van der Waals surface area contributed by atoms with E-state index < -0.39 is 56.5 Å². The molecule has 0 saturated heterocycles. The third-order valence-electron chi connectivity index (χ3n) is 9.66. The van der Waals surface area contributed by atoms with Gasteiger partial charge >= 0.3 is 0 Å². The topological polar surface area (TPSA) is 12.0 Å². The summed E-state index contributed by atoms with van der Waals surface area (Å²) in [5, 5.41) is 3.24. The minimum Gasteiger partial charge on any atom is -0.331 e. The Kier molecular flexibility index (Phi) is 12.4. The van der Waals surface area contributed by atoms with Crippen LogP contribution in [0.2, 0.25) is 137 Å². The largest absolute Gasteiger partial charge is 0.331 e. The summed E-state index contributed by atoms with van der Waals surface area (Å²) >= 11 is 0. The lowest BCUT2D eigenvalue weighted by atomic mass is 10.1. The molecule has 0 bridgehead atoms. The van der Waals surface area contributed by atoms with Crippen LogP contribution in [0.5, 0.6) is 0 Å². The second-order valence-corrected chi connectivity index (χ2v) is 63.0. The van der Waals surface area contributed by atoms with Gasteiger partial charge in [-0.25, -0.2) is 0 Å². The summed E-state index contributed by atoms with van der Waals surface area (Å²) in [4.78, 5) is 4.10. The molecule has 0 unspecified atom stereocenters. The van der Waals surface area contributed by atoms with Gasteiger partial charge in [0, 0.05) is 62.1 Å². The van der Waals surface area contributed by atoms with Gasteiger partial charge < -0.3 is 4.98 Å². The Labute approximate surface area is 282 Å². The minimum absolute atomic E-state index is 0.103. The number of rotatable bonds is 12. The van der Waals surface area contributed by atoms with E-state index in [4.69, 9.17) is 0 Å². The predicted molar refractivity (Wildman–Crippen MR) is 225 cm³/mol. The first-order valence-corrected chi connectivity index (χ1v) is 42.9. The molecule has 43 heavy (non-hydrogen) atoms. The van der Waals surface area contributed by atoms with Crippen molar-refractivity contribution in [2.24, 2.45) is 0 Å². The predicted octanol–water partition coefficient (Wildman–Crippen LogP) is 10.9. The lowest BCUT2D eigenvalue weighted by Crippen LogP contribution is -2.74. The van der Waals surface area contributed by atoms with Gasteiger partial charge in [-0.3, -0.25) is 0 Å². The molecule has 9 heteroatoms. The molecule has 1 N–H and O–H groups in total. The molecule has 0 fully saturated rings. The monoisotopic (exact) mass is 723 g/mol. The molecule has 1 aromatic rings. The van der Waals surface area contributed by atoms with Crippen molar-refractivity contribution in [3.8, 4) is 0 Å². The van der Waals surface area contributed by atoms with Crippen LogP contribution >= 0.6 is 0 Å². The van der Waals surface area contributed by atoms with Crippen molar-refractivity contribution in [1.82, 2.24) is 4.98 Å². The smallest absolute Gasteiger partial charge is 0.180 e. The van der Waals surface area contributed by atoms with Gasteiger partial charge in [0.05, 0.1) is 0 Å². The summed E-state index contributed by atoms with van der Waals surface area (Å²) in [5.41, 5.74) is 5.52. The maximum absolute atomic E-state index is 4.10. The van der Waals surface area contributed by atoms with Crippen LogP contribution in [0, 0.1) is 0 Å². The molecule has 250 valence electrons. The fourth-order valence-corrected chi connectivity index (χ4v) is 68.1. The highest BCUT2D eigenvalue weighted by atomic mass is 28.5. The maximum atomic E-state index is 4.10. The maximum Gasteiger partial charge on any atom is 0.180 e. The molecular formula is C34H77NSi8. The zero-order valence-electron chi connectivity index (χ0n) is 33.8. The number of hydrogen-bond acceptors (Lipinski definition) is 1. The summed E-state index contributed by atoms with van der Waals surface area (Å²) in [6.45, 7) is 64.0. The molecule has 0 spiro atoms. The van der Waals surface area contributed by atoms with E-state index in [9.17, 15) is 0 Å². The molecular weight excluding hydrogens is 647 g/mol. The summed E-state index contributed by atoms with van der Waals surface area (Å²) in [7, 11) is -10.5. The molecule has 0 aliphatic heterocycles. The standard InChI is InChI=1S/C34H77NSi8/c1-33(2,3)35-36-30-28(31(37(4,5)6)38(7,8)9)25-27(26-29(30)32(39(10,11)12)40(13,14)15)34(41(16,17)18,42(19,20)21)43(22,23)24/h25-26,31-32,35H,1-24H3. The highest BCUT2D eigenvalue weighted by molar-refractivity contribution is 7.14. The molecule has 0 saturated carbocycles. The van der Waals surface area contributed by atoms with E-state index in [1.54, 1.807) is 16.3 Å². The Morgan fingerprint density at radius 2 is 0.744 bits per heavy atom. The summed E-state index contributed by atoms with van der Waals surface area (Å²) in [6, 6.07) is 5.86. The molecule has 0 aliphatic rings. The van der Waals surface area contributed by atoms with E-state index in [-0.39, 0.29) is 5.54 Å². The van der Waals surface area contributed by atoms with Crippen molar-refractivity contribution in [3.05, 3.63) is 28.8 Å². The fourth-order valence-electron chi connectivity index (χ4n) is 10.9. The quantitative estimate of drug-likeness (QED) is 0.212. The van der Waals surface area contributed by atoms with Gasteiger partial charge in [0.1, 0.15) is 0 Å². The van der Waals surface area contributed by atoms with Gasteiger partial charge in [-0.05, 0) is 57.3 Å². The molecule has 1 aromatic carbocycles. The van der Waals surface area contributed by atoms with Crippen LogP contribution in [-0.4, -0.2) is 71.7 Å². The van der Waals surface area contributed by atoms with Crippen LogP contribution < -0.4 is 10.2 Å². The van der Waals surface area contributed by atoms with Gasteiger partial charge in [0.2, 0.25) is 0 Å². The molecule has 0 atom stereocenters. The van der Waals surface area contributed by atoms with Crippen LogP contribution in [0.1, 0.15) is 47.8 Å². The second-order valence-electron chi connectivity index (χ2n) is 22.4. The zero-order chi connectivity index (χ0) is 34.8. The van der Waals surface area contributed by atoms with Crippen molar-refractivity contribution in [1.29, 1.82) is 0 Å². The van der Waals surface area contributed by atoms with E-state index in [0.29, 0.717) is 14.0 Å². The molecule has 0 aliphatic carbocycles. The molecule has 0 aromatic heterocycles. The Morgan fingerprint density at radius 1 is 0.488 bits per heavy atom. The van der Waals surface area contributed by atoms with Crippen LogP contribution in [0.3, 0.4) is 0 Å². The van der Waals surface area contributed by atoms with Gasteiger partial charge in [-0.2, -0.15) is 0 Å². The number of hydrogen-bond donors (Lipinski definition) is 1. The number of nitrogens with one attached hydrogen (secondary N) is 1. The Bertz CT molecular complexity index is 986. The van der Waals surface area contributed by atoms with Crippen LogP contribution in [-0.2, 0) is 4.28 Å². The van der Waals surface area contributed by atoms with E-state index in [0.717, 1.165) is 10.3 Å². The van der Waals surface area contributed by atoms with Crippen molar-refractivity contribution >= 4 is 71.4 Å². The molecule has 0 heterocycles. The fraction of sp³-hybridized carbons (Fsp3) is 0.824. The lowest BCUT2D eigenvalue weighted by Gasteiger charge is -2.60. The van der Waals surface area contributed by atoms with E-state index >= 15 is 0 Å². The second kappa shape index (κ2) is 12.7. The SMILES string of the molecule is CC(C)(C)N[Si]c1c(C([Si](C)(C)C)[Si](C)(C)C)cc(C([Si](C)(C)C)([Si](C)(C)C)[Si](C)(C)C)cc1C([Si](C)(C)C)[Si](C)(C)C.